The predicted octanol–water partition coefficient (Wildman–Crippen LogP) is 3.69. The Morgan fingerprint density at radius 2 is 2.17 bits per heavy atom. The minimum Gasteiger partial charge on any atom is -0.469 e. The van der Waals surface area contributed by atoms with E-state index in [0.29, 0.717) is 5.92 Å². The van der Waals surface area contributed by atoms with Gasteiger partial charge in [-0.05, 0) is 36.4 Å². The number of nitrogens with zero attached hydrogens (tertiary/aromatic N) is 4. The third kappa shape index (κ3) is 6.30. The van der Waals surface area contributed by atoms with Crippen molar-refractivity contribution in [1.29, 1.82) is 0 Å². The molecule has 1 aliphatic rings. The third-order valence-corrected chi connectivity index (χ3v) is 5.99. The number of halogens is 1. The van der Waals surface area contributed by atoms with Crippen molar-refractivity contribution in [3.8, 4) is 0 Å². The summed E-state index contributed by atoms with van der Waals surface area (Å²) in [5, 5.41) is 12.7. The molecule has 4 rings (SSSR count). The topological polar surface area (TPSA) is 82.3 Å². The summed E-state index contributed by atoms with van der Waals surface area (Å²) >= 11 is 1.79. The van der Waals surface area contributed by atoms with E-state index < -0.39 is 0 Å². The second kappa shape index (κ2) is 11.3. The van der Waals surface area contributed by atoms with Gasteiger partial charge in [0.05, 0.1) is 6.26 Å². The van der Waals surface area contributed by atoms with Crippen molar-refractivity contribution in [2.45, 2.75) is 31.6 Å². The van der Waals surface area contributed by atoms with Crippen LogP contribution < -0.4 is 5.32 Å². The van der Waals surface area contributed by atoms with Gasteiger partial charge in [-0.3, -0.25) is 10.1 Å². The Balaban J connectivity index is 0.00000240. The standard InChI is InChI=1S/C20H26N6OS.HI/c1-3-17(27-13-1)5-9-21-20(22-10-6-18-4-2-14-28-18)26-11-7-16(8-12-26)19-23-15-24-25-19;/h1-4,13-16H,5-12H2,(H,21,22)(H,23,24,25);1H. The number of aliphatic imine (C=N–C) groups is 1. The van der Waals surface area contributed by atoms with E-state index in [1.54, 1.807) is 23.9 Å². The number of guanidine groups is 1. The highest BCUT2D eigenvalue weighted by molar-refractivity contribution is 14.0. The zero-order valence-corrected chi connectivity index (χ0v) is 19.4. The van der Waals surface area contributed by atoms with Crippen LogP contribution in [0.5, 0.6) is 0 Å². The number of likely N-dealkylation sites (tertiary alicyclic amines) is 1. The van der Waals surface area contributed by atoms with Crippen LogP contribution in [-0.4, -0.2) is 52.2 Å². The zero-order chi connectivity index (χ0) is 19.0. The Morgan fingerprint density at radius 1 is 1.28 bits per heavy atom. The van der Waals surface area contributed by atoms with Crippen molar-refractivity contribution in [3.63, 3.8) is 0 Å². The molecule has 0 aromatic carbocycles. The number of aromatic amines is 1. The Hall–Kier alpha value is -1.88. The highest BCUT2D eigenvalue weighted by Gasteiger charge is 2.24. The van der Waals surface area contributed by atoms with Crippen LogP contribution in [0.1, 0.15) is 35.2 Å². The lowest BCUT2D eigenvalue weighted by molar-refractivity contribution is 0.298. The molecule has 1 saturated heterocycles. The van der Waals surface area contributed by atoms with Crippen LogP contribution in [0.3, 0.4) is 0 Å². The largest absolute Gasteiger partial charge is 0.469 e. The van der Waals surface area contributed by atoms with E-state index in [-0.39, 0.29) is 24.0 Å². The monoisotopic (exact) mass is 526 g/mol. The van der Waals surface area contributed by atoms with Crippen LogP contribution in [-0.2, 0) is 12.8 Å². The summed E-state index contributed by atoms with van der Waals surface area (Å²) in [5.74, 6) is 3.45. The first-order chi connectivity index (χ1) is 13.9. The van der Waals surface area contributed by atoms with Crippen LogP contribution in [0, 0.1) is 0 Å². The Bertz CT molecular complexity index is 827. The smallest absolute Gasteiger partial charge is 0.193 e. The van der Waals surface area contributed by atoms with Crippen LogP contribution in [0.15, 0.2) is 51.6 Å². The summed E-state index contributed by atoms with van der Waals surface area (Å²) < 4.78 is 5.44. The summed E-state index contributed by atoms with van der Waals surface area (Å²) in [7, 11) is 0. The van der Waals surface area contributed by atoms with Crippen molar-refractivity contribution in [2.24, 2.45) is 4.99 Å². The van der Waals surface area contributed by atoms with Gasteiger partial charge >= 0.3 is 0 Å². The maximum atomic E-state index is 5.44. The molecule has 0 unspecified atom stereocenters. The lowest BCUT2D eigenvalue weighted by Crippen LogP contribution is -2.46. The molecule has 0 aliphatic carbocycles. The molecule has 3 aromatic rings. The average molecular weight is 526 g/mol. The summed E-state index contributed by atoms with van der Waals surface area (Å²) in [4.78, 5) is 13.0. The van der Waals surface area contributed by atoms with Crippen molar-refractivity contribution in [1.82, 2.24) is 25.4 Å². The van der Waals surface area contributed by atoms with E-state index in [0.717, 1.165) is 69.4 Å². The number of hydrogen-bond acceptors (Lipinski definition) is 5. The van der Waals surface area contributed by atoms with Gasteiger partial charge in [-0.15, -0.1) is 35.3 Å². The fraction of sp³-hybridized carbons (Fsp3) is 0.450. The second-order valence-corrected chi connectivity index (χ2v) is 7.96. The summed E-state index contributed by atoms with van der Waals surface area (Å²) in [6, 6.07) is 8.21. The van der Waals surface area contributed by atoms with Crippen molar-refractivity contribution >= 4 is 41.3 Å². The lowest BCUT2D eigenvalue weighted by Gasteiger charge is -2.33. The van der Waals surface area contributed by atoms with Gasteiger partial charge in [0.15, 0.2) is 5.96 Å². The van der Waals surface area contributed by atoms with E-state index in [9.17, 15) is 0 Å². The molecule has 2 N–H and O–H groups in total. The van der Waals surface area contributed by atoms with Gasteiger partial charge in [0, 0.05) is 49.8 Å². The zero-order valence-electron chi connectivity index (χ0n) is 16.3. The number of nitrogens with one attached hydrogen (secondary N) is 2. The maximum Gasteiger partial charge on any atom is 0.193 e. The highest BCUT2D eigenvalue weighted by Crippen LogP contribution is 2.25. The Kier molecular flexibility index (Phi) is 8.53. The van der Waals surface area contributed by atoms with Crippen molar-refractivity contribution in [3.05, 3.63) is 58.7 Å². The minimum absolute atomic E-state index is 0. The molecular weight excluding hydrogens is 499 g/mol. The van der Waals surface area contributed by atoms with E-state index in [4.69, 9.17) is 9.41 Å². The molecule has 9 heteroatoms. The summed E-state index contributed by atoms with van der Waals surface area (Å²) in [6.07, 6.45) is 7.26. The van der Waals surface area contributed by atoms with Gasteiger partial charge < -0.3 is 14.6 Å². The van der Waals surface area contributed by atoms with Gasteiger partial charge in [0.1, 0.15) is 17.9 Å². The minimum atomic E-state index is 0. The first-order valence-corrected chi connectivity index (χ1v) is 10.7. The number of rotatable bonds is 7. The summed E-state index contributed by atoms with van der Waals surface area (Å²) in [6.45, 7) is 3.55. The maximum absolute atomic E-state index is 5.44. The number of aromatic nitrogens is 3. The van der Waals surface area contributed by atoms with Gasteiger partial charge in [0.25, 0.3) is 0 Å². The average Bonchev–Trinajstić information content (AvgIpc) is 3.50. The molecule has 0 bridgehead atoms. The van der Waals surface area contributed by atoms with E-state index in [1.807, 2.05) is 12.1 Å². The van der Waals surface area contributed by atoms with Gasteiger partial charge in [-0.25, -0.2) is 4.98 Å². The molecule has 0 saturated carbocycles. The van der Waals surface area contributed by atoms with Gasteiger partial charge in [0.2, 0.25) is 0 Å². The molecule has 1 fully saturated rings. The van der Waals surface area contributed by atoms with Crippen molar-refractivity contribution < 1.29 is 4.42 Å². The third-order valence-electron chi connectivity index (χ3n) is 5.05. The van der Waals surface area contributed by atoms with E-state index >= 15 is 0 Å². The molecule has 0 radical (unpaired) electrons. The molecule has 3 aromatic heterocycles. The Labute approximate surface area is 192 Å². The molecule has 0 atom stereocenters. The van der Waals surface area contributed by atoms with Gasteiger partial charge in [-0.1, -0.05) is 6.07 Å². The predicted molar refractivity (Wildman–Crippen MR) is 126 cm³/mol. The normalized spacial score (nSPS) is 15.3. The second-order valence-electron chi connectivity index (χ2n) is 6.92. The van der Waals surface area contributed by atoms with Crippen LogP contribution >= 0.6 is 35.3 Å². The van der Waals surface area contributed by atoms with Gasteiger partial charge in [-0.2, -0.15) is 5.10 Å². The van der Waals surface area contributed by atoms with Crippen molar-refractivity contribution in [2.75, 3.05) is 26.2 Å². The molecule has 156 valence electrons. The van der Waals surface area contributed by atoms with Crippen LogP contribution in [0.25, 0.3) is 0 Å². The highest BCUT2D eigenvalue weighted by atomic mass is 127. The molecule has 7 nitrogen and oxygen atoms in total. The van der Waals surface area contributed by atoms with Crippen LogP contribution in [0.2, 0.25) is 0 Å². The van der Waals surface area contributed by atoms with E-state index in [1.165, 1.54) is 4.88 Å². The number of piperidine rings is 1. The number of hydrogen-bond donors (Lipinski definition) is 2. The van der Waals surface area contributed by atoms with E-state index in [2.05, 4.69) is 42.9 Å². The SMILES string of the molecule is I.c1coc(CCNC(=NCCc2cccs2)N2CCC(c3ncn[nH]3)CC2)c1. The first-order valence-electron chi connectivity index (χ1n) is 9.82. The molecular formula is C20H27IN6OS. The fourth-order valence-corrected chi connectivity index (χ4v) is 4.22. The fourth-order valence-electron chi connectivity index (χ4n) is 3.52. The Morgan fingerprint density at radius 3 is 2.86 bits per heavy atom. The number of H-pyrrole nitrogens is 1. The molecule has 0 spiro atoms. The van der Waals surface area contributed by atoms with Crippen LogP contribution in [0.4, 0.5) is 0 Å². The molecule has 0 amide bonds. The quantitative estimate of drug-likeness (QED) is 0.279. The number of thiophene rings is 1. The first kappa shape index (κ1) is 21.8. The molecule has 4 heterocycles. The lowest BCUT2D eigenvalue weighted by atomic mass is 9.96. The molecule has 1 aliphatic heterocycles. The number of furan rings is 1. The summed E-state index contributed by atoms with van der Waals surface area (Å²) in [5.41, 5.74) is 0. The molecule has 29 heavy (non-hydrogen) atoms.